The lowest BCUT2D eigenvalue weighted by Gasteiger charge is -2.22. The Morgan fingerprint density at radius 3 is 2.17 bits per heavy atom. The van der Waals surface area contributed by atoms with E-state index in [4.69, 9.17) is 9.84 Å². The van der Waals surface area contributed by atoms with Gasteiger partial charge in [-0.15, -0.1) is 0 Å². The molecule has 2 amide bonds. The number of carboxylic acid groups (broad SMARTS) is 1. The van der Waals surface area contributed by atoms with E-state index < -0.39 is 12.1 Å². The highest BCUT2D eigenvalue weighted by atomic mass is 16.5. The van der Waals surface area contributed by atoms with Crippen molar-refractivity contribution in [1.29, 1.82) is 0 Å². The molecule has 2 aromatic rings. The standard InChI is InChI=1S/C28H32N2O5/c31-26(30(16-27(32)33)15-18-9-10-18)14-19-11-12-20(13-19)29-28(34)35-17-25-23-7-3-1-5-21(23)22-6-2-4-8-24(22)25/h1-8,18-20,25H,9-17H2,(H,29,34)(H,32,33)/t19-,20+/m0/s1. The van der Waals surface area contributed by atoms with Gasteiger partial charge in [0, 0.05) is 24.9 Å². The number of ether oxygens (including phenoxy) is 1. The molecule has 2 atom stereocenters. The lowest BCUT2D eigenvalue weighted by molar-refractivity contribution is -0.145. The van der Waals surface area contributed by atoms with Crippen LogP contribution in [0.25, 0.3) is 11.1 Å². The monoisotopic (exact) mass is 476 g/mol. The zero-order chi connectivity index (χ0) is 24.4. The first-order chi connectivity index (χ1) is 17.0. The largest absolute Gasteiger partial charge is 0.480 e. The fraction of sp³-hybridized carbons (Fsp3) is 0.464. The van der Waals surface area contributed by atoms with Crippen molar-refractivity contribution >= 4 is 18.0 Å². The normalized spacial score (nSPS) is 20.7. The van der Waals surface area contributed by atoms with Gasteiger partial charge in [-0.2, -0.15) is 0 Å². The summed E-state index contributed by atoms with van der Waals surface area (Å²) < 4.78 is 5.66. The number of fused-ring (bicyclic) bond motifs is 3. The zero-order valence-corrected chi connectivity index (χ0v) is 19.8. The lowest BCUT2D eigenvalue weighted by Crippen LogP contribution is -2.38. The minimum Gasteiger partial charge on any atom is -0.480 e. The molecule has 0 saturated heterocycles. The molecule has 184 valence electrons. The molecule has 0 unspecified atom stereocenters. The fourth-order valence-corrected chi connectivity index (χ4v) is 5.60. The van der Waals surface area contributed by atoms with E-state index in [-0.39, 0.29) is 36.9 Å². The molecule has 0 bridgehead atoms. The molecule has 0 aromatic heterocycles. The van der Waals surface area contributed by atoms with Gasteiger partial charge in [-0.1, -0.05) is 48.5 Å². The predicted molar refractivity (Wildman–Crippen MR) is 131 cm³/mol. The van der Waals surface area contributed by atoms with E-state index in [0.29, 0.717) is 25.3 Å². The Kier molecular flexibility index (Phi) is 6.75. The van der Waals surface area contributed by atoms with E-state index >= 15 is 0 Å². The summed E-state index contributed by atoms with van der Waals surface area (Å²) in [6.45, 7) is 0.586. The average molecular weight is 477 g/mol. The summed E-state index contributed by atoms with van der Waals surface area (Å²) in [6, 6.07) is 16.5. The van der Waals surface area contributed by atoms with E-state index in [2.05, 4.69) is 29.6 Å². The number of nitrogens with zero attached hydrogens (tertiary/aromatic N) is 1. The summed E-state index contributed by atoms with van der Waals surface area (Å²) in [5.41, 5.74) is 4.74. The van der Waals surface area contributed by atoms with E-state index in [1.165, 1.54) is 27.2 Å². The van der Waals surface area contributed by atoms with Crippen LogP contribution in [-0.4, -0.2) is 53.7 Å². The average Bonchev–Trinajstić information content (AvgIpc) is 3.46. The van der Waals surface area contributed by atoms with Crippen LogP contribution in [0.15, 0.2) is 48.5 Å². The number of carbonyl (C=O) groups is 3. The van der Waals surface area contributed by atoms with Crippen LogP contribution in [0.3, 0.4) is 0 Å². The molecular weight excluding hydrogens is 444 g/mol. The van der Waals surface area contributed by atoms with Crippen molar-refractivity contribution in [2.75, 3.05) is 19.7 Å². The van der Waals surface area contributed by atoms with Crippen molar-refractivity contribution in [3.8, 4) is 11.1 Å². The molecule has 0 spiro atoms. The highest BCUT2D eigenvalue weighted by molar-refractivity contribution is 5.81. The van der Waals surface area contributed by atoms with Crippen molar-refractivity contribution in [3.63, 3.8) is 0 Å². The van der Waals surface area contributed by atoms with E-state index in [0.717, 1.165) is 25.7 Å². The third-order valence-electron chi connectivity index (χ3n) is 7.52. The van der Waals surface area contributed by atoms with Crippen LogP contribution in [0.1, 0.15) is 55.6 Å². The topological polar surface area (TPSA) is 95.9 Å². The summed E-state index contributed by atoms with van der Waals surface area (Å²) in [4.78, 5) is 38.0. The summed E-state index contributed by atoms with van der Waals surface area (Å²) in [7, 11) is 0. The first-order valence-corrected chi connectivity index (χ1v) is 12.6. The molecule has 0 radical (unpaired) electrons. The number of carboxylic acids is 1. The predicted octanol–water partition coefficient (Wildman–Crippen LogP) is 4.41. The van der Waals surface area contributed by atoms with Crippen molar-refractivity contribution in [2.24, 2.45) is 11.8 Å². The van der Waals surface area contributed by atoms with Crippen molar-refractivity contribution in [2.45, 2.75) is 50.5 Å². The van der Waals surface area contributed by atoms with Gasteiger partial charge >= 0.3 is 12.1 Å². The van der Waals surface area contributed by atoms with Crippen LogP contribution in [0.4, 0.5) is 4.79 Å². The van der Waals surface area contributed by atoms with E-state index in [1.807, 2.05) is 24.3 Å². The van der Waals surface area contributed by atoms with Gasteiger partial charge in [0.2, 0.25) is 5.91 Å². The van der Waals surface area contributed by atoms with Crippen LogP contribution in [0.5, 0.6) is 0 Å². The zero-order valence-electron chi connectivity index (χ0n) is 19.8. The molecule has 2 saturated carbocycles. The van der Waals surface area contributed by atoms with Crippen molar-refractivity contribution < 1.29 is 24.2 Å². The van der Waals surface area contributed by atoms with Gasteiger partial charge in [-0.25, -0.2) is 4.79 Å². The number of benzene rings is 2. The van der Waals surface area contributed by atoms with E-state index in [1.54, 1.807) is 0 Å². The second-order valence-corrected chi connectivity index (χ2v) is 10.2. The number of alkyl carbamates (subject to hydrolysis) is 1. The number of hydrogen-bond acceptors (Lipinski definition) is 4. The van der Waals surface area contributed by atoms with Gasteiger partial charge in [0.25, 0.3) is 0 Å². The van der Waals surface area contributed by atoms with Gasteiger partial charge in [0.1, 0.15) is 13.2 Å². The van der Waals surface area contributed by atoms with Crippen molar-refractivity contribution in [3.05, 3.63) is 59.7 Å². The maximum Gasteiger partial charge on any atom is 0.407 e. The van der Waals surface area contributed by atoms with Crippen LogP contribution in [-0.2, 0) is 14.3 Å². The Balaban J connectivity index is 1.11. The van der Waals surface area contributed by atoms with Gasteiger partial charge in [0.15, 0.2) is 0 Å². The SMILES string of the molecule is O=C(O)CN(CC1CC1)C(=O)C[C@H]1CC[C@@H](NC(=O)OCC2c3ccccc3-c3ccccc32)C1. The first kappa shape index (κ1) is 23.4. The molecule has 3 aliphatic rings. The molecule has 5 rings (SSSR count). The Morgan fingerprint density at radius 1 is 0.914 bits per heavy atom. The van der Waals surface area contributed by atoms with Crippen LogP contribution in [0.2, 0.25) is 0 Å². The summed E-state index contributed by atoms with van der Waals surface area (Å²) >= 11 is 0. The minimum atomic E-state index is -0.972. The number of hydrogen-bond donors (Lipinski definition) is 2. The smallest absolute Gasteiger partial charge is 0.407 e. The van der Waals surface area contributed by atoms with E-state index in [9.17, 15) is 14.4 Å². The molecule has 0 heterocycles. The summed E-state index contributed by atoms with van der Waals surface area (Å²) in [6.07, 6.45) is 4.39. The van der Waals surface area contributed by atoms with Gasteiger partial charge < -0.3 is 20.1 Å². The maximum absolute atomic E-state index is 12.7. The molecule has 7 nitrogen and oxygen atoms in total. The molecule has 35 heavy (non-hydrogen) atoms. The molecule has 2 fully saturated rings. The van der Waals surface area contributed by atoms with Crippen molar-refractivity contribution in [1.82, 2.24) is 10.2 Å². The fourth-order valence-electron chi connectivity index (χ4n) is 5.60. The van der Waals surface area contributed by atoms with Gasteiger partial charge in [-0.05, 0) is 66.2 Å². The molecule has 2 aromatic carbocycles. The van der Waals surface area contributed by atoms with Gasteiger partial charge in [0.05, 0.1) is 0 Å². The molecular formula is C28H32N2O5. The quantitative estimate of drug-likeness (QED) is 0.559. The molecule has 3 aliphatic carbocycles. The second kappa shape index (κ2) is 10.1. The van der Waals surface area contributed by atoms with Gasteiger partial charge in [-0.3, -0.25) is 9.59 Å². The molecule has 7 heteroatoms. The number of carbonyl (C=O) groups excluding carboxylic acids is 2. The number of rotatable bonds is 9. The highest BCUT2D eigenvalue weighted by Gasteiger charge is 2.33. The number of aliphatic carboxylic acids is 1. The first-order valence-electron chi connectivity index (χ1n) is 12.6. The second-order valence-electron chi connectivity index (χ2n) is 10.2. The third kappa shape index (κ3) is 5.50. The maximum atomic E-state index is 12.7. The summed E-state index contributed by atoms with van der Waals surface area (Å²) in [5.74, 6) is -0.443. The molecule has 2 N–H and O–H groups in total. The highest BCUT2D eigenvalue weighted by Crippen LogP contribution is 2.44. The molecule has 0 aliphatic heterocycles. The Hall–Kier alpha value is -3.35. The van der Waals surface area contributed by atoms with Crippen LogP contribution >= 0.6 is 0 Å². The Morgan fingerprint density at radius 2 is 1.54 bits per heavy atom. The number of amides is 2. The third-order valence-corrected chi connectivity index (χ3v) is 7.52. The number of nitrogens with one attached hydrogen (secondary N) is 1. The minimum absolute atomic E-state index is 0.0220. The van der Waals surface area contributed by atoms with Crippen LogP contribution < -0.4 is 5.32 Å². The Bertz CT molecular complexity index is 1070. The Labute approximate surface area is 205 Å². The summed E-state index contributed by atoms with van der Waals surface area (Å²) in [5, 5.41) is 12.1. The van der Waals surface area contributed by atoms with Crippen LogP contribution in [0, 0.1) is 11.8 Å². The lowest BCUT2D eigenvalue weighted by atomic mass is 9.98.